The molecule has 1 amide bonds. The van der Waals surface area contributed by atoms with Crippen LogP contribution in [0.15, 0.2) is 22.6 Å². The molecule has 0 unspecified atom stereocenters. The lowest BCUT2D eigenvalue weighted by atomic mass is 10.2. The van der Waals surface area contributed by atoms with E-state index in [0.29, 0.717) is 27.4 Å². The maximum atomic E-state index is 12.0. The summed E-state index contributed by atoms with van der Waals surface area (Å²) in [6.45, 7) is 4.05. The highest BCUT2D eigenvalue weighted by atomic mass is 35.5. The lowest BCUT2D eigenvalue weighted by Gasteiger charge is -2.05. The molecule has 106 valence electrons. The summed E-state index contributed by atoms with van der Waals surface area (Å²) in [7, 11) is 0. The number of amides is 1. The number of carbonyl (C=O) groups is 1. The van der Waals surface area contributed by atoms with Crippen molar-refractivity contribution < 1.29 is 9.21 Å². The molecular weight excluding hydrogens is 301 g/mol. The Morgan fingerprint density at radius 3 is 2.70 bits per heavy atom. The van der Waals surface area contributed by atoms with Crippen LogP contribution in [0.5, 0.6) is 0 Å². The predicted octanol–water partition coefficient (Wildman–Crippen LogP) is 3.43. The normalized spacial score (nSPS) is 10.8. The number of halogens is 2. The minimum absolute atomic E-state index is 0.150. The SMILES string of the molecule is CC(C)c1nnc(CNC(=O)c2ccc(Cl)cc2Cl)o1. The molecule has 0 fully saturated rings. The number of aromatic nitrogens is 2. The van der Waals surface area contributed by atoms with Gasteiger partial charge in [0.1, 0.15) is 0 Å². The van der Waals surface area contributed by atoms with Crippen molar-refractivity contribution in [2.24, 2.45) is 0 Å². The van der Waals surface area contributed by atoms with Crippen LogP contribution in [0.2, 0.25) is 10.0 Å². The quantitative estimate of drug-likeness (QED) is 0.939. The highest BCUT2D eigenvalue weighted by Gasteiger charge is 2.13. The Hall–Kier alpha value is -1.59. The van der Waals surface area contributed by atoms with E-state index in [9.17, 15) is 4.79 Å². The lowest BCUT2D eigenvalue weighted by Crippen LogP contribution is -2.23. The number of rotatable bonds is 4. The van der Waals surface area contributed by atoms with Crippen molar-refractivity contribution in [2.45, 2.75) is 26.3 Å². The van der Waals surface area contributed by atoms with E-state index in [2.05, 4.69) is 15.5 Å². The largest absolute Gasteiger partial charge is 0.423 e. The van der Waals surface area contributed by atoms with Gasteiger partial charge in [-0.25, -0.2) is 0 Å². The molecule has 0 spiro atoms. The average Bonchev–Trinajstić information content (AvgIpc) is 2.85. The van der Waals surface area contributed by atoms with E-state index in [0.717, 1.165) is 0 Å². The number of nitrogens with zero attached hydrogens (tertiary/aromatic N) is 2. The van der Waals surface area contributed by atoms with Gasteiger partial charge in [0.2, 0.25) is 11.8 Å². The maximum absolute atomic E-state index is 12.0. The minimum Gasteiger partial charge on any atom is -0.423 e. The predicted molar refractivity (Wildman–Crippen MR) is 76.0 cm³/mol. The minimum atomic E-state index is -0.323. The fourth-order valence-electron chi connectivity index (χ4n) is 1.50. The van der Waals surface area contributed by atoms with Crippen LogP contribution < -0.4 is 5.32 Å². The summed E-state index contributed by atoms with van der Waals surface area (Å²) in [5.74, 6) is 0.722. The standard InChI is InChI=1S/C13H13Cl2N3O2/c1-7(2)13-18-17-11(20-13)6-16-12(19)9-4-3-8(14)5-10(9)15/h3-5,7H,6H2,1-2H3,(H,16,19). The number of hydrogen-bond donors (Lipinski definition) is 1. The van der Waals surface area contributed by atoms with Crippen LogP contribution in [0, 0.1) is 0 Å². The molecule has 1 aromatic heterocycles. The Morgan fingerprint density at radius 1 is 1.35 bits per heavy atom. The molecule has 0 saturated carbocycles. The maximum Gasteiger partial charge on any atom is 0.253 e. The van der Waals surface area contributed by atoms with E-state index >= 15 is 0 Å². The van der Waals surface area contributed by atoms with Gasteiger partial charge in [0.25, 0.3) is 5.91 Å². The second-order valence-electron chi connectivity index (χ2n) is 4.50. The summed E-state index contributed by atoms with van der Waals surface area (Å²) >= 11 is 11.7. The smallest absolute Gasteiger partial charge is 0.253 e. The Labute approximate surface area is 126 Å². The molecule has 5 nitrogen and oxygen atoms in total. The fourth-order valence-corrected chi connectivity index (χ4v) is 1.99. The number of nitrogens with one attached hydrogen (secondary N) is 1. The van der Waals surface area contributed by atoms with Gasteiger partial charge < -0.3 is 9.73 Å². The first-order valence-corrected chi connectivity index (χ1v) is 6.78. The van der Waals surface area contributed by atoms with Crippen LogP contribution in [0.25, 0.3) is 0 Å². The van der Waals surface area contributed by atoms with E-state index in [4.69, 9.17) is 27.6 Å². The Kier molecular flexibility index (Phi) is 4.62. The molecule has 2 aromatic rings. The first-order chi connectivity index (χ1) is 9.47. The molecule has 0 aliphatic rings. The zero-order valence-corrected chi connectivity index (χ0v) is 12.5. The zero-order chi connectivity index (χ0) is 14.7. The van der Waals surface area contributed by atoms with Gasteiger partial charge in [0.05, 0.1) is 17.1 Å². The monoisotopic (exact) mass is 313 g/mol. The van der Waals surface area contributed by atoms with Gasteiger partial charge >= 0.3 is 0 Å². The molecule has 0 bridgehead atoms. The number of carbonyl (C=O) groups excluding carboxylic acids is 1. The summed E-state index contributed by atoms with van der Waals surface area (Å²) in [5.41, 5.74) is 0.347. The van der Waals surface area contributed by atoms with Crippen LogP contribution in [0.1, 0.15) is 41.9 Å². The van der Waals surface area contributed by atoms with Crippen LogP contribution in [-0.4, -0.2) is 16.1 Å². The van der Waals surface area contributed by atoms with Crippen molar-refractivity contribution in [2.75, 3.05) is 0 Å². The third-order valence-corrected chi connectivity index (χ3v) is 3.10. The van der Waals surface area contributed by atoms with Gasteiger partial charge in [0.15, 0.2) is 0 Å². The van der Waals surface area contributed by atoms with E-state index < -0.39 is 0 Å². The highest BCUT2D eigenvalue weighted by molar-refractivity contribution is 6.36. The topological polar surface area (TPSA) is 68.0 Å². The molecule has 0 radical (unpaired) electrons. The molecular formula is C13H13Cl2N3O2. The average molecular weight is 314 g/mol. The first-order valence-electron chi connectivity index (χ1n) is 6.03. The van der Waals surface area contributed by atoms with E-state index in [1.54, 1.807) is 12.1 Å². The summed E-state index contributed by atoms with van der Waals surface area (Å²) in [4.78, 5) is 12.0. The van der Waals surface area contributed by atoms with Crippen LogP contribution in [-0.2, 0) is 6.54 Å². The molecule has 0 atom stereocenters. The zero-order valence-electron chi connectivity index (χ0n) is 11.0. The van der Waals surface area contributed by atoms with Crippen LogP contribution in [0.3, 0.4) is 0 Å². The molecule has 7 heteroatoms. The van der Waals surface area contributed by atoms with Gasteiger partial charge in [0, 0.05) is 10.9 Å². The Balaban J connectivity index is 2.01. The van der Waals surface area contributed by atoms with Gasteiger partial charge in [-0.2, -0.15) is 0 Å². The molecule has 1 heterocycles. The molecule has 0 aliphatic carbocycles. The van der Waals surface area contributed by atoms with Crippen molar-refractivity contribution >= 4 is 29.1 Å². The van der Waals surface area contributed by atoms with Crippen LogP contribution in [0.4, 0.5) is 0 Å². The second-order valence-corrected chi connectivity index (χ2v) is 5.34. The van der Waals surface area contributed by atoms with Crippen molar-refractivity contribution in [1.82, 2.24) is 15.5 Å². The second kappa shape index (κ2) is 6.24. The summed E-state index contributed by atoms with van der Waals surface area (Å²) in [6, 6.07) is 4.68. The molecule has 1 aromatic carbocycles. The van der Waals surface area contributed by atoms with Gasteiger partial charge in [-0.3, -0.25) is 4.79 Å². The summed E-state index contributed by atoms with van der Waals surface area (Å²) in [6.07, 6.45) is 0. The summed E-state index contributed by atoms with van der Waals surface area (Å²) < 4.78 is 5.39. The molecule has 0 saturated heterocycles. The van der Waals surface area contributed by atoms with Crippen molar-refractivity contribution in [1.29, 1.82) is 0 Å². The molecule has 20 heavy (non-hydrogen) atoms. The lowest BCUT2D eigenvalue weighted by molar-refractivity contribution is 0.0947. The fraction of sp³-hybridized carbons (Fsp3) is 0.308. The van der Waals surface area contributed by atoms with Crippen molar-refractivity contribution in [3.8, 4) is 0 Å². The molecule has 0 aliphatic heterocycles. The highest BCUT2D eigenvalue weighted by Crippen LogP contribution is 2.21. The first kappa shape index (κ1) is 14.8. The third kappa shape index (κ3) is 3.49. The molecule has 1 N–H and O–H groups in total. The Morgan fingerprint density at radius 2 is 2.10 bits per heavy atom. The number of hydrogen-bond acceptors (Lipinski definition) is 4. The van der Waals surface area contributed by atoms with Crippen LogP contribution >= 0.6 is 23.2 Å². The van der Waals surface area contributed by atoms with E-state index in [1.165, 1.54) is 6.07 Å². The number of benzene rings is 1. The van der Waals surface area contributed by atoms with Crippen molar-refractivity contribution in [3.05, 3.63) is 45.6 Å². The Bertz CT molecular complexity index is 626. The van der Waals surface area contributed by atoms with E-state index in [-0.39, 0.29) is 18.4 Å². The van der Waals surface area contributed by atoms with Gasteiger partial charge in [-0.05, 0) is 18.2 Å². The summed E-state index contributed by atoms with van der Waals surface area (Å²) in [5, 5.41) is 11.2. The van der Waals surface area contributed by atoms with Crippen molar-refractivity contribution in [3.63, 3.8) is 0 Å². The molecule has 2 rings (SSSR count). The van der Waals surface area contributed by atoms with E-state index in [1.807, 2.05) is 13.8 Å². The third-order valence-electron chi connectivity index (χ3n) is 2.55. The van der Waals surface area contributed by atoms with Gasteiger partial charge in [-0.15, -0.1) is 10.2 Å². The van der Waals surface area contributed by atoms with Gasteiger partial charge in [-0.1, -0.05) is 37.0 Å².